The van der Waals surface area contributed by atoms with Gasteiger partial charge in [0.05, 0.1) is 27.6 Å². The third-order valence-electron chi connectivity index (χ3n) is 4.06. The van der Waals surface area contributed by atoms with Crippen LogP contribution in [0.25, 0.3) is 10.9 Å². The average molecular weight is 284 g/mol. The van der Waals surface area contributed by atoms with Gasteiger partial charge in [-0.2, -0.15) is 0 Å². The molecule has 0 bridgehead atoms. The second kappa shape index (κ2) is 4.84. The van der Waals surface area contributed by atoms with Crippen LogP contribution in [0, 0.1) is 10.1 Å². The molecular formula is C16H16N2O3. The van der Waals surface area contributed by atoms with Gasteiger partial charge < -0.3 is 4.57 Å². The van der Waals surface area contributed by atoms with Crippen molar-refractivity contribution in [2.24, 2.45) is 0 Å². The largest absolute Gasteiger partial charge is 0.331 e. The fraction of sp³-hybridized carbons (Fsp3) is 0.312. The molecule has 108 valence electrons. The summed E-state index contributed by atoms with van der Waals surface area (Å²) in [5, 5.41) is 11.9. The number of benzene rings is 1. The van der Waals surface area contributed by atoms with Gasteiger partial charge in [0.2, 0.25) is 0 Å². The summed E-state index contributed by atoms with van der Waals surface area (Å²) in [6.45, 7) is 1.82. The van der Waals surface area contributed by atoms with Gasteiger partial charge in [0, 0.05) is 6.42 Å². The van der Waals surface area contributed by atoms with Crippen LogP contribution in [0.5, 0.6) is 0 Å². The van der Waals surface area contributed by atoms with E-state index in [-0.39, 0.29) is 21.9 Å². The summed E-state index contributed by atoms with van der Waals surface area (Å²) in [6, 6.07) is 7.33. The lowest BCUT2D eigenvalue weighted by atomic mass is 10.2. The van der Waals surface area contributed by atoms with E-state index in [1.165, 1.54) is 0 Å². The minimum Gasteiger partial charge on any atom is -0.331 e. The molecule has 0 N–H and O–H groups in total. The van der Waals surface area contributed by atoms with Crippen LogP contribution in [-0.2, 0) is 10.3 Å². The molecule has 1 aromatic carbocycles. The van der Waals surface area contributed by atoms with E-state index < -0.39 is 0 Å². The summed E-state index contributed by atoms with van der Waals surface area (Å²) >= 11 is 0. The smallest absolute Gasteiger partial charge is 0.294 e. The third kappa shape index (κ3) is 2.24. The molecule has 1 heterocycles. The summed E-state index contributed by atoms with van der Waals surface area (Å²) in [4.78, 5) is 22.3. The molecule has 0 amide bonds. The molecule has 5 nitrogen and oxygen atoms in total. The molecule has 2 aromatic rings. The molecule has 3 rings (SSSR count). The number of fused-ring (bicyclic) bond motifs is 1. The second-order valence-corrected chi connectivity index (χ2v) is 5.42. The molecular weight excluding hydrogens is 268 g/mol. The highest BCUT2D eigenvalue weighted by Gasteiger charge is 2.43. The molecule has 1 aliphatic rings. The molecule has 1 saturated carbocycles. The Morgan fingerprint density at radius 3 is 2.76 bits per heavy atom. The van der Waals surface area contributed by atoms with E-state index in [0.29, 0.717) is 11.8 Å². The van der Waals surface area contributed by atoms with Gasteiger partial charge in [-0.05, 0) is 31.1 Å². The average Bonchev–Trinajstić information content (AvgIpc) is 3.17. The lowest BCUT2D eigenvalue weighted by Crippen LogP contribution is -2.13. The van der Waals surface area contributed by atoms with E-state index >= 15 is 0 Å². The van der Waals surface area contributed by atoms with Crippen LogP contribution in [0.1, 0.15) is 26.2 Å². The monoisotopic (exact) mass is 284 g/mol. The minimum atomic E-state index is -0.351. The lowest BCUT2D eigenvalue weighted by Gasteiger charge is -2.13. The zero-order valence-electron chi connectivity index (χ0n) is 11.8. The Bertz CT molecular complexity index is 754. The van der Waals surface area contributed by atoms with Gasteiger partial charge in [0.1, 0.15) is 0 Å². The van der Waals surface area contributed by atoms with Crippen LogP contribution >= 0.6 is 0 Å². The van der Waals surface area contributed by atoms with Crippen LogP contribution in [-0.4, -0.2) is 15.3 Å². The Kier molecular flexibility index (Phi) is 3.12. The van der Waals surface area contributed by atoms with Crippen LogP contribution < -0.4 is 0 Å². The van der Waals surface area contributed by atoms with Crippen molar-refractivity contribution in [2.45, 2.75) is 31.7 Å². The number of nitro groups is 1. The summed E-state index contributed by atoms with van der Waals surface area (Å²) in [6.07, 6.45) is 7.37. The highest BCUT2D eigenvalue weighted by molar-refractivity contribution is 5.91. The molecule has 0 spiro atoms. The van der Waals surface area contributed by atoms with Gasteiger partial charge in [-0.1, -0.05) is 25.1 Å². The Morgan fingerprint density at radius 2 is 2.14 bits per heavy atom. The number of carbonyl (C=O) groups excluding carboxylic acids is 1. The maximum absolute atomic E-state index is 11.5. The van der Waals surface area contributed by atoms with Crippen molar-refractivity contribution in [3.63, 3.8) is 0 Å². The molecule has 21 heavy (non-hydrogen) atoms. The van der Waals surface area contributed by atoms with Crippen molar-refractivity contribution in [3.05, 3.63) is 52.7 Å². The number of carbonyl (C=O) groups is 1. The highest BCUT2D eigenvalue weighted by Crippen LogP contribution is 2.48. The minimum absolute atomic E-state index is 0.0761. The SMILES string of the molecule is CCC(=O)/C=C/C1(n2cc([N+](=O)[O-])c3ccccc32)CC1. The van der Waals surface area contributed by atoms with Gasteiger partial charge >= 0.3 is 0 Å². The highest BCUT2D eigenvalue weighted by atomic mass is 16.6. The summed E-state index contributed by atoms with van der Waals surface area (Å²) in [5.41, 5.74) is 0.681. The summed E-state index contributed by atoms with van der Waals surface area (Å²) < 4.78 is 1.94. The molecule has 0 unspecified atom stereocenters. The van der Waals surface area contributed by atoms with Crippen LogP contribution in [0.3, 0.4) is 0 Å². The van der Waals surface area contributed by atoms with Gasteiger partial charge in [0.25, 0.3) is 5.69 Å². The quantitative estimate of drug-likeness (QED) is 0.479. The molecule has 1 fully saturated rings. The van der Waals surface area contributed by atoms with E-state index in [2.05, 4.69) is 0 Å². The summed E-state index contributed by atoms with van der Waals surface area (Å²) in [5.74, 6) is 0.0761. The first kappa shape index (κ1) is 13.5. The second-order valence-electron chi connectivity index (χ2n) is 5.42. The first-order valence-corrected chi connectivity index (χ1v) is 7.04. The molecule has 0 radical (unpaired) electrons. The van der Waals surface area contributed by atoms with Gasteiger partial charge in [-0.3, -0.25) is 14.9 Å². The Balaban J connectivity index is 2.11. The van der Waals surface area contributed by atoms with E-state index in [4.69, 9.17) is 0 Å². The maximum atomic E-state index is 11.5. The van der Waals surface area contributed by atoms with Gasteiger partial charge in [-0.25, -0.2) is 0 Å². The Morgan fingerprint density at radius 1 is 1.43 bits per heavy atom. The molecule has 1 aromatic heterocycles. The zero-order chi connectivity index (χ0) is 15.0. The molecule has 1 aliphatic carbocycles. The summed E-state index contributed by atoms with van der Waals surface area (Å²) in [7, 11) is 0. The molecule has 0 aliphatic heterocycles. The number of hydrogen-bond donors (Lipinski definition) is 0. The number of allylic oxidation sites excluding steroid dienone is 2. The third-order valence-corrected chi connectivity index (χ3v) is 4.06. The van der Waals surface area contributed by atoms with E-state index in [1.54, 1.807) is 24.4 Å². The number of hydrogen-bond acceptors (Lipinski definition) is 3. The van der Waals surface area contributed by atoms with Crippen molar-refractivity contribution in [1.29, 1.82) is 0 Å². The van der Waals surface area contributed by atoms with Crippen molar-refractivity contribution < 1.29 is 9.72 Å². The molecule has 0 saturated heterocycles. The van der Waals surface area contributed by atoms with E-state index in [9.17, 15) is 14.9 Å². The van der Waals surface area contributed by atoms with Crippen LogP contribution in [0.4, 0.5) is 5.69 Å². The van der Waals surface area contributed by atoms with Gasteiger partial charge in [0.15, 0.2) is 5.78 Å². The predicted octanol–water partition coefficient (Wildman–Crippen LogP) is 3.57. The van der Waals surface area contributed by atoms with Crippen LogP contribution in [0.2, 0.25) is 0 Å². The molecule has 0 atom stereocenters. The lowest BCUT2D eigenvalue weighted by molar-refractivity contribution is -0.383. The Labute approximate surface area is 122 Å². The molecule has 5 heteroatoms. The first-order chi connectivity index (χ1) is 10.1. The fourth-order valence-corrected chi connectivity index (χ4v) is 2.66. The first-order valence-electron chi connectivity index (χ1n) is 7.04. The van der Waals surface area contributed by atoms with Crippen molar-refractivity contribution in [1.82, 2.24) is 4.57 Å². The standard InChI is InChI=1S/C16H16N2O3/c1-2-12(19)7-8-16(9-10-16)17-11-15(18(20)21)13-5-3-4-6-14(13)17/h3-8,11H,2,9-10H2,1H3/b8-7+. The maximum Gasteiger partial charge on any atom is 0.294 e. The topological polar surface area (TPSA) is 65.1 Å². The van der Waals surface area contributed by atoms with Gasteiger partial charge in [-0.15, -0.1) is 0 Å². The van der Waals surface area contributed by atoms with E-state index in [1.807, 2.05) is 29.7 Å². The Hall–Kier alpha value is -2.43. The fourth-order valence-electron chi connectivity index (χ4n) is 2.66. The van der Waals surface area contributed by atoms with Crippen molar-refractivity contribution in [3.8, 4) is 0 Å². The van der Waals surface area contributed by atoms with Crippen molar-refractivity contribution in [2.75, 3.05) is 0 Å². The number of rotatable bonds is 5. The number of ketones is 1. The zero-order valence-corrected chi connectivity index (χ0v) is 11.8. The number of nitrogens with zero attached hydrogens (tertiary/aromatic N) is 2. The predicted molar refractivity (Wildman–Crippen MR) is 80.2 cm³/mol. The van der Waals surface area contributed by atoms with E-state index in [0.717, 1.165) is 18.4 Å². The normalized spacial score (nSPS) is 16.4. The number of aromatic nitrogens is 1. The van der Waals surface area contributed by atoms with Crippen molar-refractivity contribution >= 4 is 22.4 Å². The van der Waals surface area contributed by atoms with Crippen LogP contribution in [0.15, 0.2) is 42.6 Å². The number of para-hydroxylation sites is 1.